The fourth-order valence-corrected chi connectivity index (χ4v) is 5.25. The molecule has 11 heteroatoms. The maximum atomic E-state index is 11.4. The summed E-state index contributed by atoms with van der Waals surface area (Å²) in [6, 6.07) is 15.4. The Hall–Kier alpha value is -4.38. The Morgan fingerprint density at radius 1 is 0.911 bits per heavy atom. The highest BCUT2D eigenvalue weighted by atomic mass is 16.5. The molecule has 240 valence electrons. The lowest BCUT2D eigenvalue weighted by molar-refractivity contribution is -0.117. The topological polar surface area (TPSA) is 127 Å². The molecule has 11 nitrogen and oxygen atoms in total. The van der Waals surface area contributed by atoms with Crippen molar-refractivity contribution in [2.75, 3.05) is 42.8 Å². The normalized spacial score (nSPS) is 19.0. The molecular formula is C34H45N7O4. The fourth-order valence-electron chi connectivity index (χ4n) is 5.25. The minimum absolute atomic E-state index is 0.134. The number of morpholine rings is 1. The molecule has 0 radical (unpaired) electrons. The second kappa shape index (κ2) is 14.6. The van der Waals surface area contributed by atoms with Gasteiger partial charge in [0.25, 0.3) is 0 Å². The van der Waals surface area contributed by atoms with E-state index in [1.807, 2.05) is 62.4 Å². The third-order valence-electron chi connectivity index (χ3n) is 7.74. The monoisotopic (exact) mass is 615 g/mol. The number of para-hydroxylation sites is 1. The third kappa shape index (κ3) is 8.02. The zero-order valence-corrected chi connectivity index (χ0v) is 27.1. The molecular weight excluding hydrogens is 570 g/mol. The van der Waals surface area contributed by atoms with Crippen molar-refractivity contribution in [1.82, 2.24) is 20.2 Å². The van der Waals surface area contributed by atoms with Crippen LogP contribution in [0.3, 0.4) is 0 Å². The van der Waals surface area contributed by atoms with E-state index in [4.69, 9.17) is 24.2 Å². The number of nitrogens with one attached hydrogen (secondary N) is 3. The molecule has 3 heterocycles. The molecule has 3 aliphatic rings. The van der Waals surface area contributed by atoms with Crippen LogP contribution in [-0.2, 0) is 9.53 Å². The average Bonchev–Trinajstić information content (AvgIpc) is 4.00. The molecule has 0 spiro atoms. The second-order valence-electron chi connectivity index (χ2n) is 11.5. The minimum atomic E-state index is 0.134. The number of carbonyl (C=O) groups excluding carboxylic acids is 1. The van der Waals surface area contributed by atoms with Crippen molar-refractivity contribution < 1.29 is 19.0 Å². The Labute approximate surface area is 265 Å². The van der Waals surface area contributed by atoms with Crippen LogP contribution in [0.25, 0.3) is 10.9 Å². The number of carbonyl (C=O) groups is 1. The van der Waals surface area contributed by atoms with E-state index in [1.165, 1.54) is 0 Å². The summed E-state index contributed by atoms with van der Waals surface area (Å²) >= 11 is 0. The van der Waals surface area contributed by atoms with Gasteiger partial charge in [0, 0.05) is 36.0 Å². The minimum Gasteiger partial charge on any atom is -0.497 e. The smallest absolute Gasteiger partial charge is 0.227 e. The number of H-pyrrole nitrogens is 1. The van der Waals surface area contributed by atoms with Crippen LogP contribution in [0.15, 0.2) is 48.5 Å². The van der Waals surface area contributed by atoms with Gasteiger partial charge in [0.2, 0.25) is 11.7 Å². The molecule has 1 aliphatic heterocycles. The predicted octanol–water partition coefficient (Wildman–Crippen LogP) is 6.67. The number of rotatable bonds is 8. The summed E-state index contributed by atoms with van der Waals surface area (Å²) in [6.07, 6.45) is 4.59. The lowest BCUT2D eigenvalue weighted by Gasteiger charge is -2.36. The number of ether oxygens (including phenoxy) is 3. The highest BCUT2D eigenvalue weighted by Crippen LogP contribution is 2.43. The number of aromatic nitrogens is 4. The summed E-state index contributed by atoms with van der Waals surface area (Å²) in [4.78, 5) is 23.4. The van der Waals surface area contributed by atoms with Crippen molar-refractivity contribution in [3.05, 3.63) is 54.4 Å². The Bertz CT molecular complexity index is 1560. The lowest BCUT2D eigenvalue weighted by Crippen LogP contribution is -2.46. The molecule has 2 aromatic carbocycles. The zero-order chi connectivity index (χ0) is 31.9. The van der Waals surface area contributed by atoms with Gasteiger partial charge in [-0.25, -0.2) is 9.97 Å². The number of anilines is 4. The number of amides is 1. The quantitative estimate of drug-likeness (QED) is 0.199. The van der Waals surface area contributed by atoms with E-state index in [0.29, 0.717) is 17.5 Å². The molecule has 3 fully saturated rings. The van der Waals surface area contributed by atoms with Gasteiger partial charge < -0.3 is 29.7 Å². The van der Waals surface area contributed by atoms with Gasteiger partial charge in [-0.15, -0.1) is 0 Å². The van der Waals surface area contributed by atoms with Gasteiger partial charge >= 0.3 is 0 Å². The van der Waals surface area contributed by atoms with Crippen LogP contribution in [0.2, 0.25) is 0 Å². The molecule has 4 aromatic rings. The third-order valence-corrected chi connectivity index (χ3v) is 7.74. The van der Waals surface area contributed by atoms with E-state index in [2.05, 4.69) is 39.6 Å². The predicted molar refractivity (Wildman–Crippen MR) is 178 cm³/mol. The van der Waals surface area contributed by atoms with Crippen LogP contribution < -0.4 is 25.0 Å². The highest BCUT2D eigenvalue weighted by molar-refractivity contribution is 5.94. The van der Waals surface area contributed by atoms with E-state index in [0.717, 1.165) is 78.6 Å². The molecule has 3 N–H and O–H groups in total. The number of hydrogen-bond acceptors (Lipinski definition) is 9. The summed E-state index contributed by atoms with van der Waals surface area (Å²) < 4.78 is 16.7. The summed E-state index contributed by atoms with van der Waals surface area (Å²) in [7, 11) is 3.29. The van der Waals surface area contributed by atoms with E-state index in [-0.39, 0.29) is 24.0 Å². The molecule has 7 rings (SSSR count). The van der Waals surface area contributed by atoms with Crippen molar-refractivity contribution >= 4 is 40.0 Å². The van der Waals surface area contributed by atoms with Gasteiger partial charge in [0.1, 0.15) is 11.6 Å². The summed E-state index contributed by atoms with van der Waals surface area (Å²) in [6.45, 7) is 9.72. The largest absolute Gasteiger partial charge is 0.497 e. The first kappa shape index (κ1) is 32.0. The van der Waals surface area contributed by atoms with Gasteiger partial charge in [-0.3, -0.25) is 9.89 Å². The molecule has 1 amide bonds. The Balaban J connectivity index is 0.000000210. The SMILES string of the molecule is CC.COc1c(Nc2n[nH]c3ccccc23)nc(C2CC2)nc1N1CC(C)OC(C)C1.COc1ccc(NC(=O)C2CC2)cc1. The molecule has 2 saturated carbocycles. The molecule has 2 aliphatic carbocycles. The van der Waals surface area contributed by atoms with Crippen LogP contribution in [0.4, 0.5) is 23.1 Å². The second-order valence-corrected chi connectivity index (χ2v) is 11.5. The summed E-state index contributed by atoms with van der Waals surface area (Å²) in [5, 5.41) is 14.8. The Morgan fingerprint density at radius 2 is 1.60 bits per heavy atom. The van der Waals surface area contributed by atoms with Gasteiger partial charge in [-0.1, -0.05) is 26.0 Å². The number of hydrogen-bond donors (Lipinski definition) is 3. The van der Waals surface area contributed by atoms with Gasteiger partial charge in [-0.05, 0) is 75.9 Å². The molecule has 1 saturated heterocycles. The standard InChI is InChI=1S/C21H26N6O2.C11H13NO2.C2H6/c1-12-10-27(11-13(2)29-12)21-17(28-3)20(22-18(24-21)14-8-9-14)23-19-15-6-4-5-7-16(15)25-26-19;1-14-10-6-4-9(5-7-10)12-11(13)8-2-3-8;1-2/h4-7,12-14H,8-11H2,1-3H3,(H2,22,23,24,25,26);4-8H,2-3H2,1H3,(H,12,13);1-2H3. The average molecular weight is 616 g/mol. The van der Waals surface area contributed by atoms with Gasteiger partial charge in [0.15, 0.2) is 17.5 Å². The van der Waals surface area contributed by atoms with Crippen molar-refractivity contribution in [3.8, 4) is 11.5 Å². The van der Waals surface area contributed by atoms with E-state index in [1.54, 1.807) is 14.2 Å². The van der Waals surface area contributed by atoms with Crippen LogP contribution in [0, 0.1) is 5.92 Å². The molecule has 0 bridgehead atoms. The van der Waals surface area contributed by atoms with Crippen LogP contribution in [-0.4, -0.2) is 65.6 Å². The van der Waals surface area contributed by atoms with Crippen molar-refractivity contribution in [1.29, 1.82) is 0 Å². The van der Waals surface area contributed by atoms with Crippen LogP contribution in [0.5, 0.6) is 11.5 Å². The zero-order valence-electron chi connectivity index (χ0n) is 27.1. The molecule has 2 atom stereocenters. The number of nitrogens with zero attached hydrogens (tertiary/aromatic N) is 4. The van der Waals surface area contributed by atoms with Crippen LogP contribution in [0.1, 0.15) is 65.1 Å². The van der Waals surface area contributed by atoms with Crippen LogP contribution >= 0.6 is 0 Å². The van der Waals surface area contributed by atoms with Crippen molar-refractivity contribution in [3.63, 3.8) is 0 Å². The van der Waals surface area contributed by atoms with Gasteiger partial charge in [0.05, 0.1) is 31.9 Å². The Kier molecular flexibility index (Phi) is 10.4. The number of benzene rings is 2. The van der Waals surface area contributed by atoms with Gasteiger partial charge in [-0.2, -0.15) is 5.10 Å². The fraction of sp³-hybridized carbons (Fsp3) is 0.471. The number of aromatic amines is 1. The Morgan fingerprint density at radius 3 is 2.22 bits per heavy atom. The number of methoxy groups -OCH3 is 2. The molecule has 2 unspecified atom stereocenters. The maximum absolute atomic E-state index is 11.4. The first-order valence-corrected chi connectivity index (χ1v) is 15.9. The summed E-state index contributed by atoms with van der Waals surface area (Å²) in [5.74, 6) is 5.33. The van der Waals surface area contributed by atoms with E-state index >= 15 is 0 Å². The summed E-state index contributed by atoms with van der Waals surface area (Å²) in [5.41, 5.74) is 1.81. The number of fused-ring (bicyclic) bond motifs is 1. The van der Waals surface area contributed by atoms with E-state index < -0.39 is 0 Å². The van der Waals surface area contributed by atoms with Crippen molar-refractivity contribution in [2.45, 2.75) is 71.5 Å². The van der Waals surface area contributed by atoms with E-state index in [9.17, 15) is 4.79 Å². The molecule has 45 heavy (non-hydrogen) atoms. The van der Waals surface area contributed by atoms with Crippen molar-refractivity contribution in [2.24, 2.45) is 5.92 Å². The maximum Gasteiger partial charge on any atom is 0.227 e. The molecule has 2 aromatic heterocycles. The first-order valence-electron chi connectivity index (χ1n) is 15.9. The first-order chi connectivity index (χ1) is 21.9. The lowest BCUT2D eigenvalue weighted by atomic mass is 10.2. The highest BCUT2D eigenvalue weighted by Gasteiger charge is 2.33.